The summed E-state index contributed by atoms with van der Waals surface area (Å²) in [4.78, 5) is 196. The number of H-pyrrole nitrogens is 1. The van der Waals surface area contributed by atoms with Gasteiger partial charge in [0.2, 0.25) is 76.8 Å². The Hall–Kier alpha value is -11.4. The van der Waals surface area contributed by atoms with Gasteiger partial charge < -0.3 is 101 Å². The van der Waals surface area contributed by atoms with Crippen molar-refractivity contribution in [3.05, 3.63) is 167 Å². The summed E-state index contributed by atoms with van der Waals surface area (Å²) in [6.45, 7) is 0.982. The Bertz CT molecular complexity index is 4360. The van der Waals surface area contributed by atoms with Crippen LogP contribution in [-0.4, -0.2) is 223 Å². The quantitative estimate of drug-likeness (QED) is 0.0132. The molecular weight excluding hydrogens is 1500 g/mol. The third-order valence-corrected chi connectivity index (χ3v) is 22.5. The highest BCUT2D eigenvalue weighted by molar-refractivity contribution is 8.76. The number of hydrogen-bond acceptors (Lipinski definition) is 20. The number of aromatic hydroxyl groups is 2. The lowest BCUT2D eigenvalue weighted by Gasteiger charge is -2.36. The predicted molar refractivity (Wildman–Crippen MR) is 422 cm³/mol. The lowest BCUT2D eigenvalue weighted by Crippen LogP contribution is -2.62. The number of thioether (sulfide) groups is 1. The fourth-order valence-corrected chi connectivity index (χ4v) is 16.4. The number of benzene rings is 5. The van der Waals surface area contributed by atoms with Gasteiger partial charge in [-0.1, -0.05) is 125 Å². The zero-order chi connectivity index (χ0) is 80.5. The number of para-hydroxylation sites is 1. The first-order valence-electron chi connectivity index (χ1n) is 36.4. The molecule has 2 bridgehead atoms. The molecule has 4 fully saturated rings. The zero-order valence-corrected chi connectivity index (χ0v) is 63.8. The molecule has 4 aliphatic heterocycles. The average molecular weight is 1600 g/mol. The molecule has 1 aromatic heterocycles. The van der Waals surface area contributed by atoms with Crippen LogP contribution in [0.1, 0.15) is 66.8 Å². The molecule has 12 atom stereocenters. The number of aromatic amines is 1. The van der Waals surface area contributed by atoms with Gasteiger partial charge in [0.25, 0.3) is 0 Å². The summed E-state index contributed by atoms with van der Waals surface area (Å²) < 4.78 is 0. The molecule has 0 unspecified atom stereocenters. The van der Waals surface area contributed by atoms with Crippen molar-refractivity contribution >= 4 is 127 Å². The van der Waals surface area contributed by atoms with Crippen LogP contribution in [0.3, 0.4) is 0 Å². The molecule has 22 N–H and O–H groups in total. The molecular formula is C76H94N18O15S3. The third-order valence-electron chi connectivity index (χ3n) is 19.1. The maximum atomic E-state index is 15.4. The standard InChI is InChI=1S/C76H94N18O15S3/c1-42-66(100)87-55(32-43-12-4-2-5-13-43)69(103)91-59(72(106)86-54(65(79)99)31-46-22-26-50(96)27-23-46)39-111-112-40-60(92-67(101)52(77)30-45-20-24-49(95)25-21-45)75(109)93-29-11-19-61(93)73(107)88-56(33-44-14-6-3-7-15-44)70(104)90-58-38-110-41-64(98)94(37-48(85-71(58)105)16-10-28-82-76(80)81)62(34-47-36-83-53-18-9-8-17-51(47)53)74(108)89-57(35-63(78)97)68(102)84-42/h2-9,12-15,17-18,20-27,36,42,48,52,54-62,83,95-96H,10-11,16,19,28-35,37-41,77H2,1H3,(H2,78,97)(H2,79,99)(H,84,102)(H,85,105)(H,86,106)(H,87,100)(H,88,107)(H,89,108)(H,90,104)(H,91,103)(H,92,101)(H4,80,81,82)/t42-,48-,52-,54-,55-,56+,57-,58+,59-,60-,61-,62-/m0/s1. The highest BCUT2D eigenvalue weighted by atomic mass is 33.1. The van der Waals surface area contributed by atoms with E-state index in [0.29, 0.717) is 38.7 Å². The number of aromatic nitrogens is 1. The molecule has 0 saturated carbocycles. The van der Waals surface area contributed by atoms with E-state index in [9.17, 15) is 43.8 Å². The van der Waals surface area contributed by atoms with Crippen LogP contribution in [0, 0.1) is 5.41 Å². The van der Waals surface area contributed by atoms with E-state index in [1.807, 2.05) is 0 Å². The van der Waals surface area contributed by atoms with Gasteiger partial charge in [-0.2, -0.15) is 0 Å². The molecule has 5 aromatic carbocycles. The second-order valence-corrected chi connectivity index (χ2v) is 31.1. The summed E-state index contributed by atoms with van der Waals surface area (Å²) >= 11 is 0.942. The van der Waals surface area contributed by atoms with Gasteiger partial charge in [0, 0.05) is 85.7 Å². The molecule has 4 aliphatic rings. The first kappa shape index (κ1) is 84.6. The fourth-order valence-electron chi connectivity index (χ4n) is 13.1. The van der Waals surface area contributed by atoms with E-state index in [0.717, 1.165) is 33.3 Å². The Kier molecular flexibility index (Phi) is 31.0. The monoisotopic (exact) mass is 1590 g/mol. The molecule has 6 aromatic rings. The smallest absolute Gasteiger partial charge is 0.246 e. The second-order valence-electron chi connectivity index (χ2n) is 27.5. The fraction of sp³-hybridized carbons (Fsp3) is 0.395. The van der Waals surface area contributed by atoms with E-state index < -0.39 is 161 Å². The number of rotatable bonds is 21. The number of phenols is 2. The van der Waals surface area contributed by atoms with Crippen LogP contribution in [-0.2, 0) is 94.4 Å². The maximum Gasteiger partial charge on any atom is 0.246 e. The van der Waals surface area contributed by atoms with E-state index in [1.54, 1.807) is 103 Å². The highest BCUT2D eigenvalue weighted by Crippen LogP contribution is 2.28. The molecule has 596 valence electrons. The third kappa shape index (κ3) is 24.8. The summed E-state index contributed by atoms with van der Waals surface area (Å²) in [6.07, 6.45) is 0.636. The summed E-state index contributed by atoms with van der Waals surface area (Å²) in [5.41, 5.74) is 27.1. The van der Waals surface area contributed by atoms with Gasteiger partial charge in [-0.25, -0.2) is 0 Å². The van der Waals surface area contributed by atoms with Gasteiger partial charge >= 0.3 is 0 Å². The summed E-state index contributed by atoms with van der Waals surface area (Å²) in [7, 11) is 1.89. The number of amides is 13. The Labute approximate surface area is 657 Å². The number of fused-ring (bicyclic) bond motifs is 29. The number of primary amides is 2. The molecule has 0 radical (unpaired) electrons. The van der Waals surface area contributed by atoms with Crippen LogP contribution in [0.15, 0.2) is 140 Å². The Balaban J connectivity index is 1.11. The normalized spacial score (nSPS) is 23.0. The SMILES string of the molecule is C[C@@H]1NC(=O)[C@H](CC(N)=O)NC(=O)[C@H](Cc2c[nH]c3ccccc23)N2C[C@H](CCCNC(=N)N)NC(=O)[C@@H](CSCC2=O)NC(=O)[C@@H](Cc2ccccc2)NC(=O)[C@@H]2CCCN2C(=O)[C@@H](NC(=O)[C@@H](N)Cc2ccc(O)cc2)CSSC[C@@H](C(=O)N[C@@H](Cc2ccc(O)cc2)C(N)=O)NC(=O)[C@H](Cc2ccccc2)NC1=O. The molecule has 0 aliphatic carbocycles. The van der Waals surface area contributed by atoms with Crippen LogP contribution >= 0.6 is 33.3 Å². The van der Waals surface area contributed by atoms with Crippen molar-refractivity contribution in [3.63, 3.8) is 0 Å². The molecule has 33 nitrogen and oxygen atoms in total. The molecule has 0 spiro atoms. The highest BCUT2D eigenvalue weighted by Gasteiger charge is 2.42. The first-order valence-corrected chi connectivity index (χ1v) is 40.1. The average Bonchev–Trinajstić information content (AvgIpc) is 1.54. The molecule has 112 heavy (non-hydrogen) atoms. The Morgan fingerprint density at radius 2 is 1.21 bits per heavy atom. The van der Waals surface area contributed by atoms with Crippen LogP contribution in [0.5, 0.6) is 11.5 Å². The maximum absolute atomic E-state index is 15.4. The minimum Gasteiger partial charge on any atom is -0.508 e. The van der Waals surface area contributed by atoms with Crippen molar-refractivity contribution in [3.8, 4) is 11.5 Å². The van der Waals surface area contributed by atoms with Crippen molar-refractivity contribution in [2.24, 2.45) is 22.9 Å². The lowest BCUT2D eigenvalue weighted by atomic mass is 10.00. The van der Waals surface area contributed by atoms with Crippen molar-refractivity contribution < 1.29 is 72.5 Å². The van der Waals surface area contributed by atoms with E-state index in [2.05, 4.69) is 58.2 Å². The van der Waals surface area contributed by atoms with Crippen molar-refractivity contribution in [1.29, 1.82) is 5.41 Å². The summed E-state index contributed by atoms with van der Waals surface area (Å²) in [5, 5.41) is 55.7. The number of nitrogens with one attached hydrogen (secondary N) is 12. The molecule has 10 rings (SSSR count). The van der Waals surface area contributed by atoms with Crippen LogP contribution < -0.4 is 76.1 Å². The van der Waals surface area contributed by atoms with Crippen molar-refractivity contribution in [1.82, 2.24) is 68.0 Å². The minimum atomic E-state index is -1.83. The second kappa shape index (κ2) is 41.1. The minimum absolute atomic E-state index is 0.00659. The summed E-state index contributed by atoms with van der Waals surface area (Å²) in [6, 6.07) is 18.5. The topological polar surface area (TPSA) is 533 Å². The Morgan fingerprint density at radius 3 is 1.84 bits per heavy atom. The van der Waals surface area contributed by atoms with Gasteiger partial charge in [0.15, 0.2) is 5.96 Å². The Morgan fingerprint density at radius 1 is 0.616 bits per heavy atom. The lowest BCUT2D eigenvalue weighted by molar-refractivity contribution is -0.142. The number of hydrogen-bond donors (Lipinski definition) is 18. The van der Waals surface area contributed by atoms with E-state index in [1.165, 1.54) is 53.1 Å². The zero-order valence-electron chi connectivity index (χ0n) is 61.4. The van der Waals surface area contributed by atoms with Crippen molar-refractivity contribution in [2.75, 3.05) is 42.6 Å². The van der Waals surface area contributed by atoms with Crippen molar-refractivity contribution in [2.45, 2.75) is 144 Å². The first-order chi connectivity index (χ1) is 53.7. The van der Waals surface area contributed by atoms with Gasteiger partial charge in [0.1, 0.15) is 71.9 Å². The van der Waals surface area contributed by atoms with E-state index >= 15 is 28.8 Å². The van der Waals surface area contributed by atoms with E-state index in [4.69, 9.17) is 28.3 Å². The van der Waals surface area contributed by atoms with Gasteiger partial charge in [-0.15, -0.1) is 11.8 Å². The number of nitrogens with two attached hydrogens (primary N) is 4. The molecule has 36 heteroatoms. The molecule has 4 saturated heterocycles. The summed E-state index contributed by atoms with van der Waals surface area (Å²) in [5.74, 6) is -13.3. The molecule has 13 amide bonds. The number of carbonyl (C=O) groups is 13. The van der Waals surface area contributed by atoms with Gasteiger partial charge in [-0.05, 0) is 97.2 Å². The number of guanidine groups is 1. The molecule has 5 heterocycles. The van der Waals surface area contributed by atoms with Gasteiger partial charge in [-0.3, -0.25) is 67.7 Å². The van der Waals surface area contributed by atoms with Crippen LogP contribution in [0.4, 0.5) is 0 Å². The number of nitrogens with zero attached hydrogens (tertiary/aromatic N) is 2. The van der Waals surface area contributed by atoms with E-state index in [-0.39, 0.29) is 112 Å². The van der Waals surface area contributed by atoms with Gasteiger partial charge in [0.05, 0.1) is 18.2 Å². The predicted octanol–water partition coefficient (Wildman–Crippen LogP) is -1.24. The number of carbonyl (C=O) groups excluding carboxylic acids is 13. The van der Waals surface area contributed by atoms with Crippen LogP contribution in [0.25, 0.3) is 10.9 Å². The number of phenolic OH excluding ortho intramolecular Hbond substituents is 2. The largest absolute Gasteiger partial charge is 0.508 e. The van der Waals surface area contributed by atoms with Crippen LogP contribution in [0.2, 0.25) is 0 Å².